The van der Waals surface area contributed by atoms with Crippen molar-refractivity contribution >= 4 is 29.2 Å². The van der Waals surface area contributed by atoms with Crippen LogP contribution in [-0.4, -0.2) is 17.8 Å². The van der Waals surface area contributed by atoms with E-state index in [0.717, 1.165) is 4.90 Å². The first kappa shape index (κ1) is 13.8. The van der Waals surface area contributed by atoms with Gasteiger partial charge in [-0.15, -0.1) is 0 Å². The molecule has 6 heteroatoms. The molecule has 3 N–H and O–H groups in total. The molecule has 0 aromatic heterocycles. The van der Waals surface area contributed by atoms with Crippen molar-refractivity contribution in [2.24, 2.45) is 5.73 Å². The molecular formula is C16H13N3O3. The fourth-order valence-electron chi connectivity index (χ4n) is 2.43. The van der Waals surface area contributed by atoms with Gasteiger partial charge in [0.15, 0.2) is 0 Å². The Bertz CT molecular complexity index is 771. The Balaban J connectivity index is 1.84. The molecule has 2 aromatic carbocycles. The Morgan fingerprint density at radius 1 is 1.09 bits per heavy atom. The Kier molecular flexibility index (Phi) is 3.34. The van der Waals surface area contributed by atoms with Crippen LogP contribution in [-0.2, 0) is 11.2 Å². The molecule has 0 aliphatic carbocycles. The zero-order valence-electron chi connectivity index (χ0n) is 11.6. The summed E-state index contributed by atoms with van der Waals surface area (Å²) in [5.41, 5.74) is 7.43. The summed E-state index contributed by atoms with van der Waals surface area (Å²) in [5.74, 6) is -0.606. The van der Waals surface area contributed by atoms with Gasteiger partial charge in [0.1, 0.15) is 0 Å². The van der Waals surface area contributed by atoms with Crippen LogP contribution in [0.15, 0.2) is 48.5 Å². The number of anilines is 2. The maximum atomic E-state index is 12.1. The van der Waals surface area contributed by atoms with E-state index in [2.05, 4.69) is 5.32 Å². The predicted octanol–water partition coefficient (Wildman–Crippen LogP) is 1.91. The van der Waals surface area contributed by atoms with Gasteiger partial charge in [0.2, 0.25) is 5.91 Å². The third-order valence-corrected chi connectivity index (χ3v) is 3.43. The molecule has 1 aliphatic rings. The number of nitrogens with one attached hydrogen (secondary N) is 1. The summed E-state index contributed by atoms with van der Waals surface area (Å²) in [6, 6.07) is 12.9. The van der Waals surface area contributed by atoms with Gasteiger partial charge in [0, 0.05) is 11.3 Å². The fourth-order valence-corrected chi connectivity index (χ4v) is 2.43. The van der Waals surface area contributed by atoms with Gasteiger partial charge in [0.05, 0.1) is 12.1 Å². The van der Waals surface area contributed by atoms with Crippen molar-refractivity contribution in [1.82, 2.24) is 0 Å². The highest BCUT2D eigenvalue weighted by atomic mass is 16.2. The summed E-state index contributed by atoms with van der Waals surface area (Å²) in [7, 11) is 0. The minimum absolute atomic E-state index is 0.0906. The third kappa shape index (κ3) is 2.42. The van der Waals surface area contributed by atoms with Crippen molar-refractivity contribution in [3.05, 3.63) is 59.7 Å². The maximum Gasteiger partial charge on any atom is 0.326 e. The average Bonchev–Trinajstić information content (AvgIpc) is 2.83. The van der Waals surface area contributed by atoms with E-state index in [4.69, 9.17) is 5.73 Å². The van der Waals surface area contributed by atoms with Crippen LogP contribution in [0.2, 0.25) is 0 Å². The van der Waals surface area contributed by atoms with E-state index < -0.39 is 6.03 Å². The number of hydrogen-bond donors (Lipinski definition) is 2. The molecule has 0 spiro atoms. The van der Waals surface area contributed by atoms with E-state index in [1.165, 1.54) is 0 Å². The number of benzene rings is 2. The van der Waals surface area contributed by atoms with Crippen LogP contribution in [0.5, 0.6) is 0 Å². The molecule has 0 radical (unpaired) electrons. The first-order valence-corrected chi connectivity index (χ1v) is 6.68. The van der Waals surface area contributed by atoms with E-state index in [-0.39, 0.29) is 18.2 Å². The molecule has 22 heavy (non-hydrogen) atoms. The Morgan fingerprint density at radius 3 is 2.50 bits per heavy atom. The second kappa shape index (κ2) is 5.33. The lowest BCUT2D eigenvalue weighted by Crippen LogP contribution is -2.38. The number of urea groups is 1. The van der Waals surface area contributed by atoms with Gasteiger partial charge in [-0.05, 0) is 35.9 Å². The number of imide groups is 1. The highest BCUT2D eigenvalue weighted by Gasteiger charge is 2.31. The number of amides is 4. The SMILES string of the molecule is NC(=O)N1C(=O)Cc2cc(NC(=O)c3ccccc3)ccc21. The first-order chi connectivity index (χ1) is 10.6. The largest absolute Gasteiger partial charge is 0.351 e. The molecule has 3 rings (SSSR count). The normalized spacial score (nSPS) is 12.9. The molecule has 0 bridgehead atoms. The van der Waals surface area contributed by atoms with Gasteiger partial charge in [0.25, 0.3) is 5.91 Å². The highest BCUT2D eigenvalue weighted by molar-refractivity contribution is 6.18. The summed E-state index contributed by atoms with van der Waals surface area (Å²) in [5, 5.41) is 2.76. The number of nitrogens with two attached hydrogens (primary N) is 1. The molecule has 0 atom stereocenters. The standard InChI is InChI=1S/C16H13N3O3/c17-16(22)19-13-7-6-12(8-11(13)9-14(19)20)18-15(21)10-4-2-1-3-5-10/h1-8H,9H2,(H2,17,22)(H,18,21). The van der Waals surface area contributed by atoms with Crippen molar-refractivity contribution in [2.45, 2.75) is 6.42 Å². The molecule has 0 fully saturated rings. The molecule has 4 amide bonds. The van der Waals surface area contributed by atoms with Crippen LogP contribution in [0.4, 0.5) is 16.2 Å². The van der Waals surface area contributed by atoms with E-state index >= 15 is 0 Å². The van der Waals surface area contributed by atoms with Crippen molar-refractivity contribution in [2.75, 3.05) is 10.2 Å². The van der Waals surface area contributed by atoms with Crippen LogP contribution < -0.4 is 16.0 Å². The summed E-state index contributed by atoms with van der Waals surface area (Å²) in [6.07, 6.45) is 0.0906. The fraction of sp³-hybridized carbons (Fsp3) is 0.0625. The predicted molar refractivity (Wildman–Crippen MR) is 81.6 cm³/mol. The second-order valence-corrected chi connectivity index (χ2v) is 4.91. The first-order valence-electron chi connectivity index (χ1n) is 6.68. The van der Waals surface area contributed by atoms with Gasteiger partial charge < -0.3 is 11.1 Å². The summed E-state index contributed by atoms with van der Waals surface area (Å²) >= 11 is 0. The van der Waals surface area contributed by atoms with Gasteiger partial charge in [-0.2, -0.15) is 0 Å². The monoisotopic (exact) mass is 295 g/mol. The van der Waals surface area contributed by atoms with Crippen LogP contribution in [0.3, 0.4) is 0 Å². The van der Waals surface area contributed by atoms with E-state index in [0.29, 0.717) is 22.5 Å². The minimum atomic E-state index is -0.801. The van der Waals surface area contributed by atoms with Crippen LogP contribution in [0.1, 0.15) is 15.9 Å². The minimum Gasteiger partial charge on any atom is -0.351 e. The van der Waals surface area contributed by atoms with Gasteiger partial charge in [-0.1, -0.05) is 18.2 Å². The summed E-state index contributed by atoms with van der Waals surface area (Å²) < 4.78 is 0. The quantitative estimate of drug-likeness (QED) is 0.886. The number of hydrogen-bond acceptors (Lipinski definition) is 3. The van der Waals surface area contributed by atoms with Crippen molar-refractivity contribution in [3.63, 3.8) is 0 Å². The van der Waals surface area contributed by atoms with Gasteiger partial charge in [-0.25, -0.2) is 9.69 Å². The van der Waals surface area contributed by atoms with Gasteiger partial charge >= 0.3 is 6.03 Å². The molecule has 1 aliphatic heterocycles. The molecule has 0 unspecified atom stereocenters. The van der Waals surface area contributed by atoms with Crippen molar-refractivity contribution in [1.29, 1.82) is 0 Å². The lowest BCUT2D eigenvalue weighted by atomic mass is 10.1. The van der Waals surface area contributed by atoms with E-state index in [1.54, 1.807) is 42.5 Å². The second-order valence-electron chi connectivity index (χ2n) is 4.91. The lowest BCUT2D eigenvalue weighted by Gasteiger charge is -2.12. The van der Waals surface area contributed by atoms with Crippen LogP contribution in [0, 0.1) is 0 Å². The molecule has 0 saturated heterocycles. The third-order valence-electron chi connectivity index (χ3n) is 3.43. The lowest BCUT2D eigenvalue weighted by molar-refractivity contribution is -0.116. The zero-order valence-corrected chi connectivity index (χ0v) is 11.6. The van der Waals surface area contributed by atoms with Gasteiger partial charge in [-0.3, -0.25) is 9.59 Å². The number of carbonyl (C=O) groups is 3. The molecular weight excluding hydrogens is 282 g/mol. The molecule has 110 valence electrons. The average molecular weight is 295 g/mol. The van der Waals surface area contributed by atoms with Crippen molar-refractivity contribution in [3.8, 4) is 0 Å². The molecule has 6 nitrogen and oxygen atoms in total. The number of primary amides is 1. The highest BCUT2D eigenvalue weighted by Crippen LogP contribution is 2.31. The zero-order chi connectivity index (χ0) is 15.7. The van der Waals surface area contributed by atoms with Crippen LogP contribution >= 0.6 is 0 Å². The number of carbonyl (C=O) groups excluding carboxylic acids is 3. The topological polar surface area (TPSA) is 92.5 Å². The van der Waals surface area contributed by atoms with Crippen molar-refractivity contribution < 1.29 is 14.4 Å². The Labute approximate surface area is 126 Å². The van der Waals surface area contributed by atoms with E-state index in [9.17, 15) is 14.4 Å². The number of rotatable bonds is 2. The van der Waals surface area contributed by atoms with Crippen LogP contribution in [0.25, 0.3) is 0 Å². The Morgan fingerprint density at radius 2 is 1.82 bits per heavy atom. The molecule has 1 heterocycles. The summed E-state index contributed by atoms with van der Waals surface area (Å²) in [4.78, 5) is 36.1. The molecule has 0 saturated carbocycles. The summed E-state index contributed by atoms with van der Waals surface area (Å²) in [6.45, 7) is 0. The smallest absolute Gasteiger partial charge is 0.326 e. The number of fused-ring (bicyclic) bond motifs is 1. The van der Waals surface area contributed by atoms with E-state index in [1.807, 2.05) is 6.07 Å². The number of nitrogens with zero attached hydrogens (tertiary/aromatic N) is 1. The molecule has 2 aromatic rings. The Hall–Kier alpha value is -3.15. The maximum absolute atomic E-state index is 12.1.